The molecule has 0 aliphatic rings. The van der Waals surface area contributed by atoms with Crippen molar-refractivity contribution in [3.05, 3.63) is 23.8 Å². The predicted molar refractivity (Wildman–Crippen MR) is 67.3 cm³/mol. The van der Waals surface area contributed by atoms with E-state index in [9.17, 15) is 4.79 Å². The Balaban J connectivity index is 2.75. The monoisotopic (exact) mass is 252 g/mol. The first kappa shape index (κ1) is 13.8. The number of methoxy groups -OCH3 is 2. The van der Waals surface area contributed by atoms with E-state index in [0.29, 0.717) is 23.7 Å². The normalized spacial score (nSPS) is 10.2. The Morgan fingerprint density at radius 2 is 2.17 bits per heavy atom. The number of hydrazone groups is 1. The largest absolute Gasteiger partial charge is 0.497 e. The quantitative estimate of drug-likeness (QED) is 0.640. The highest BCUT2D eigenvalue weighted by Crippen LogP contribution is 2.22. The zero-order valence-electron chi connectivity index (χ0n) is 10.6. The van der Waals surface area contributed by atoms with Crippen LogP contribution >= 0.6 is 0 Å². The molecule has 1 amide bonds. The maximum Gasteiger partial charge on any atom is 0.427 e. The SMILES string of the molecule is CCOC(=O)N/N=C/c1cc(OC)ccc1OC. The molecule has 98 valence electrons. The molecule has 0 saturated carbocycles. The van der Waals surface area contributed by atoms with E-state index in [1.807, 2.05) is 0 Å². The van der Waals surface area contributed by atoms with Crippen LogP contribution < -0.4 is 14.9 Å². The first-order valence-electron chi connectivity index (χ1n) is 5.39. The van der Waals surface area contributed by atoms with E-state index in [1.165, 1.54) is 6.21 Å². The van der Waals surface area contributed by atoms with Gasteiger partial charge in [0.05, 0.1) is 27.0 Å². The molecule has 0 bridgehead atoms. The van der Waals surface area contributed by atoms with E-state index < -0.39 is 6.09 Å². The van der Waals surface area contributed by atoms with E-state index in [4.69, 9.17) is 9.47 Å². The van der Waals surface area contributed by atoms with Crippen molar-refractivity contribution in [2.24, 2.45) is 5.10 Å². The van der Waals surface area contributed by atoms with Crippen molar-refractivity contribution in [2.75, 3.05) is 20.8 Å². The van der Waals surface area contributed by atoms with Crippen molar-refractivity contribution >= 4 is 12.3 Å². The fourth-order valence-electron chi connectivity index (χ4n) is 1.26. The Morgan fingerprint density at radius 3 is 2.78 bits per heavy atom. The Bertz CT molecular complexity index is 432. The first-order chi connectivity index (χ1) is 8.71. The summed E-state index contributed by atoms with van der Waals surface area (Å²) in [5.74, 6) is 1.30. The van der Waals surface area contributed by atoms with Crippen molar-refractivity contribution in [3.63, 3.8) is 0 Å². The van der Waals surface area contributed by atoms with Crippen LogP contribution in [0.5, 0.6) is 11.5 Å². The summed E-state index contributed by atoms with van der Waals surface area (Å²) in [6, 6.07) is 5.27. The average molecular weight is 252 g/mol. The van der Waals surface area contributed by atoms with Gasteiger partial charge in [-0.25, -0.2) is 10.2 Å². The molecule has 0 fully saturated rings. The minimum absolute atomic E-state index is 0.295. The molecule has 6 nitrogen and oxygen atoms in total. The smallest absolute Gasteiger partial charge is 0.427 e. The molecule has 0 aromatic heterocycles. The molecule has 18 heavy (non-hydrogen) atoms. The summed E-state index contributed by atoms with van der Waals surface area (Å²) in [4.78, 5) is 11.0. The summed E-state index contributed by atoms with van der Waals surface area (Å²) >= 11 is 0. The van der Waals surface area contributed by atoms with Gasteiger partial charge in [-0.05, 0) is 25.1 Å². The van der Waals surface area contributed by atoms with Gasteiger partial charge in [0.2, 0.25) is 0 Å². The Hall–Kier alpha value is -2.24. The number of hydrogen-bond acceptors (Lipinski definition) is 5. The minimum Gasteiger partial charge on any atom is -0.497 e. The van der Waals surface area contributed by atoms with Crippen LogP contribution in [0, 0.1) is 0 Å². The molecule has 0 heterocycles. The summed E-state index contributed by atoms with van der Waals surface area (Å²) < 4.78 is 14.9. The lowest BCUT2D eigenvalue weighted by molar-refractivity contribution is 0.152. The molecule has 0 atom stereocenters. The summed E-state index contributed by atoms with van der Waals surface area (Å²) in [6.07, 6.45) is 0.855. The van der Waals surface area contributed by atoms with Crippen LogP contribution in [-0.4, -0.2) is 33.1 Å². The third-order valence-electron chi connectivity index (χ3n) is 2.07. The lowest BCUT2D eigenvalue weighted by atomic mass is 10.2. The van der Waals surface area contributed by atoms with Crippen molar-refractivity contribution in [1.82, 2.24) is 5.43 Å². The number of rotatable bonds is 5. The predicted octanol–water partition coefficient (Wildman–Crippen LogP) is 1.78. The highest BCUT2D eigenvalue weighted by molar-refractivity contribution is 5.85. The number of amides is 1. The number of nitrogens with one attached hydrogen (secondary N) is 1. The highest BCUT2D eigenvalue weighted by atomic mass is 16.5. The number of carbonyl (C=O) groups is 1. The summed E-state index contributed by atoms with van der Waals surface area (Å²) in [5, 5.41) is 3.76. The topological polar surface area (TPSA) is 69.2 Å². The number of ether oxygens (including phenoxy) is 3. The van der Waals surface area contributed by atoms with E-state index in [-0.39, 0.29) is 0 Å². The molecule has 0 aliphatic heterocycles. The second kappa shape index (κ2) is 7.16. The van der Waals surface area contributed by atoms with Crippen LogP contribution in [0.2, 0.25) is 0 Å². The lowest BCUT2D eigenvalue weighted by Gasteiger charge is -2.06. The molecule has 0 saturated heterocycles. The Labute approximate surface area is 106 Å². The van der Waals surface area contributed by atoms with Crippen LogP contribution in [0.15, 0.2) is 23.3 Å². The maximum absolute atomic E-state index is 11.0. The van der Waals surface area contributed by atoms with E-state index >= 15 is 0 Å². The van der Waals surface area contributed by atoms with Gasteiger partial charge in [-0.1, -0.05) is 0 Å². The van der Waals surface area contributed by atoms with Gasteiger partial charge in [0, 0.05) is 5.56 Å². The summed E-state index contributed by atoms with van der Waals surface area (Å²) in [5.41, 5.74) is 2.92. The third kappa shape index (κ3) is 3.97. The van der Waals surface area contributed by atoms with Crippen molar-refractivity contribution in [1.29, 1.82) is 0 Å². The number of hydrogen-bond donors (Lipinski definition) is 1. The Morgan fingerprint density at radius 1 is 1.39 bits per heavy atom. The third-order valence-corrected chi connectivity index (χ3v) is 2.07. The zero-order chi connectivity index (χ0) is 13.4. The van der Waals surface area contributed by atoms with Gasteiger partial charge in [-0.15, -0.1) is 0 Å². The van der Waals surface area contributed by atoms with Crippen molar-refractivity contribution in [2.45, 2.75) is 6.92 Å². The molecule has 1 N–H and O–H groups in total. The minimum atomic E-state index is -0.601. The molecular formula is C12H16N2O4. The maximum atomic E-state index is 11.0. The van der Waals surface area contributed by atoms with Crippen LogP contribution in [0.25, 0.3) is 0 Å². The average Bonchev–Trinajstić information content (AvgIpc) is 2.39. The van der Waals surface area contributed by atoms with Crippen molar-refractivity contribution < 1.29 is 19.0 Å². The first-order valence-corrected chi connectivity index (χ1v) is 5.39. The molecule has 1 aromatic rings. The molecule has 0 unspecified atom stereocenters. The molecule has 6 heteroatoms. The number of benzene rings is 1. The lowest BCUT2D eigenvalue weighted by Crippen LogP contribution is -2.18. The molecule has 1 aromatic carbocycles. The van der Waals surface area contributed by atoms with E-state index in [2.05, 4.69) is 15.3 Å². The number of carbonyl (C=O) groups excluding carboxylic acids is 1. The van der Waals surface area contributed by atoms with Gasteiger partial charge in [0.15, 0.2) is 0 Å². The van der Waals surface area contributed by atoms with Gasteiger partial charge in [0.25, 0.3) is 0 Å². The number of nitrogens with zero attached hydrogens (tertiary/aromatic N) is 1. The van der Waals surface area contributed by atoms with Gasteiger partial charge >= 0.3 is 6.09 Å². The zero-order valence-corrected chi connectivity index (χ0v) is 10.6. The summed E-state index contributed by atoms with van der Waals surface area (Å²) in [6.45, 7) is 2.01. The van der Waals surface area contributed by atoms with E-state index in [1.54, 1.807) is 39.3 Å². The highest BCUT2D eigenvalue weighted by Gasteiger charge is 2.03. The van der Waals surface area contributed by atoms with Gasteiger partial charge in [-0.3, -0.25) is 0 Å². The Kier molecular flexibility index (Phi) is 5.50. The standard InChI is InChI=1S/C12H16N2O4/c1-4-18-12(15)14-13-8-9-7-10(16-2)5-6-11(9)17-3/h5-8H,4H2,1-3H3,(H,14,15)/b13-8+. The molecule has 1 rings (SSSR count). The van der Waals surface area contributed by atoms with Crippen LogP contribution in [-0.2, 0) is 4.74 Å². The van der Waals surface area contributed by atoms with E-state index in [0.717, 1.165) is 0 Å². The van der Waals surface area contributed by atoms with Gasteiger partial charge < -0.3 is 14.2 Å². The van der Waals surface area contributed by atoms with Gasteiger partial charge in [0.1, 0.15) is 11.5 Å². The second-order valence-corrected chi connectivity index (χ2v) is 3.20. The van der Waals surface area contributed by atoms with Crippen molar-refractivity contribution in [3.8, 4) is 11.5 Å². The molecule has 0 radical (unpaired) electrons. The molecule has 0 spiro atoms. The second-order valence-electron chi connectivity index (χ2n) is 3.20. The fourth-order valence-corrected chi connectivity index (χ4v) is 1.26. The molecule has 0 aliphatic carbocycles. The summed E-state index contributed by atoms with van der Waals surface area (Å²) in [7, 11) is 3.12. The van der Waals surface area contributed by atoms with Crippen LogP contribution in [0.3, 0.4) is 0 Å². The van der Waals surface area contributed by atoms with Crippen LogP contribution in [0.4, 0.5) is 4.79 Å². The molecular weight excluding hydrogens is 236 g/mol. The fraction of sp³-hybridized carbons (Fsp3) is 0.333. The van der Waals surface area contributed by atoms with Gasteiger partial charge in [-0.2, -0.15) is 5.10 Å². The van der Waals surface area contributed by atoms with Crippen LogP contribution in [0.1, 0.15) is 12.5 Å².